The van der Waals surface area contributed by atoms with Crippen LogP contribution in [0.2, 0.25) is 0 Å². The summed E-state index contributed by atoms with van der Waals surface area (Å²) >= 11 is 0. The van der Waals surface area contributed by atoms with Gasteiger partial charge in [-0.3, -0.25) is 9.48 Å². The second kappa shape index (κ2) is 9.51. The van der Waals surface area contributed by atoms with Crippen molar-refractivity contribution in [2.45, 2.75) is 31.7 Å². The summed E-state index contributed by atoms with van der Waals surface area (Å²) in [4.78, 5) is 23.2. The molecule has 3 aromatic heterocycles. The number of benzene rings is 1. The zero-order valence-corrected chi connectivity index (χ0v) is 19.4. The highest BCUT2D eigenvalue weighted by Gasteiger charge is 2.28. The lowest BCUT2D eigenvalue weighted by Crippen LogP contribution is -2.32. The quantitative estimate of drug-likeness (QED) is 0.448. The SMILES string of the molecule is CN(C)C(=O)[C@H]1CC[C@H](n2cc(-c3cnc(-c4cccc(-c5ccnnc5)c4)nc3)cn2)CC1. The topological polar surface area (TPSA) is 89.7 Å². The fraction of sp³-hybridized carbons (Fsp3) is 0.308. The van der Waals surface area contributed by atoms with E-state index < -0.39 is 0 Å². The van der Waals surface area contributed by atoms with Crippen molar-refractivity contribution in [3.8, 4) is 33.6 Å². The van der Waals surface area contributed by atoms with Gasteiger partial charge in [-0.25, -0.2) is 9.97 Å². The van der Waals surface area contributed by atoms with Gasteiger partial charge in [-0.2, -0.15) is 15.3 Å². The number of carbonyl (C=O) groups excluding carboxylic acids is 1. The molecule has 3 heterocycles. The van der Waals surface area contributed by atoms with Crippen LogP contribution in [0.4, 0.5) is 0 Å². The lowest BCUT2D eigenvalue weighted by atomic mass is 9.85. The van der Waals surface area contributed by atoms with Gasteiger partial charge in [-0.1, -0.05) is 18.2 Å². The summed E-state index contributed by atoms with van der Waals surface area (Å²) in [6.07, 6.45) is 14.8. The van der Waals surface area contributed by atoms with Crippen LogP contribution in [0.15, 0.2) is 67.5 Å². The molecule has 1 aliphatic carbocycles. The van der Waals surface area contributed by atoms with E-state index in [9.17, 15) is 4.79 Å². The van der Waals surface area contributed by atoms with Gasteiger partial charge in [0.1, 0.15) is 0 Å². The Morgan fingerprint density at radius 3 is 2.32 bits per heavy atom. The summed E-state index contributed by atoms with van der Waals surface area (Å²) < 4.78 is 2.03. The van der Waals surface area contributed by atoms with Crippen LogP contribution in [-0.2, 0) is 4.79 Å². The number of amides is 1. The van der Waals surface area contributed by atoms with E-state index in [2.05, 4.69) is 37.5 Å². The van der Waals surface area contributed by atoms with Crippen LogP contribution >= 0.6 is 0 Å². The normalized spacial score (nSPS) is 17.9. The Morgan fingerprint density at radius 2 is 1.62 bits per heavy atom. The standard InChI is InChI=1S/C26H27N7O/c1-32(2)26(34)18-6-8-24(9-7-18)33-17-23(16-31-33)22-13-27-25(28-14-22)20-5-3-4-19(12-20)21-10-11-29-30-15-21/h3-5,10-18,24H,6-9H2,1-2H3/t18-,24-. The van der Waals surface area contributed by atoms with E-state index >= 15 is 0 Å². The molecule has 0 unspecified atom stereocenters. The maximum atomic E-state index is 12.2. The number of rotatable bonds is 5. The smallest absolute Gasteiger partial charge is 0.225 e. The third-order valence-electron chi connectivity index (χ3n) is 6.49. The van der Waals surface area contributed by atoms with Crippen molar-refractivity contribution >= 4 is 5.91 Å². The third-order valence-corrected chi connectivity index (χ3v) is 6.49. The predicted octanol–water partition coefficient (Wildman–Crippen LogP) is 4.28. The maximum absolute atomic E-state index is 12.2. The number of nitrogens with zero attached hydrogens (tertiary/aromatic N) is 7. The minimum atomic E-state index is 0.135. The van der Waals surface area contributed by atoms with Crippen molar-refractivity contribution in [1.82, 2.24) is 34.8 Å². The first-order valence-electron chi connectivity index (χ1n) is 11.5. The molecule has 0 aliphatic heterocycles. The summed E-state index contributed by atoms with van der Waals surface area (Å²) in [6, 6.07) is 10.3. The fourth-order valence-electron chi connectivity index (χ4n) is 4.56. The van der Waals surface area contributed by atoms with Gasteiger partial charge in [0, 0.05) is 60.9 Å². The zero-order chi connectivity index (χ0) is 23.5. The summed E-state index contributed by atoms with van der Waals surface area (Å²) in [5, 5.41) is 12.4. The molecular weight excluding hydrogens is 426 g/mol. The Bertz CT molecular complexity index is 1260. The fourth-order valence-corrected chi connectivity index (χ4v) is 4.56. The van der Waals surface area contributed by atoms with Crippen molar-refractivity contribution in [1.29, 1.82) is 0 Å². The van der Waals surface area contributed by atoms with Crippen LogP contribution in [0.25, 0.3) is 33.6 Å². The minimum absolute atomic E-state index is 0.135. The second-order valence-corrected chi connectivity index (χ2v) is 8.95. The molecule has 0 spiro atoms. The van der Waals surface area contributed by atoms with Crippen LogP contribution in [0.1, 0.15) is 31.7 Å². The second-order valence-electron chi connectivity index (χ2n) is 8.95. The molecule has 1 aliphatic rings. The van der Waals surface area contributed by atoms with Gasteiger partial charge in [0.25, 0.3) is 0 Å². The molecule has 1 amide bonds. The molecule has 0 N–H and O–H groups in total. The monoisotopic (exact) mass is 453 g/mol. The van der Waals surface area contributed by atoms with Gasteiger partial charge in [0.05, 0.1) is 24.6 Å². The number of hydrogen-bond acceptors (Lipinski definition) is 6. The largest absolute Gasteiger partial charge is 0.349 e. The number of aromatic nitrogens is 6. The van der Waals surface area contributed by atoms with Gasteiger partial charge in [0.15, 0.2) is 5.82 Å². The van der Waals surface area contributed by atoms with E-state index in [0.29, 0.717) is 11.9 Å². The molecule has 8 heteroatoms. The van der Waals surface area contributed by atoms with Gasteiger partial charge in [-0.15, -0.1) is 0 Å². The molecule has 1 aromatic carbocycles. The highest BCUT2D eigenvalue weighted by atomic mass is 16.2. The summed E-state index contributed by atoms with van der Waals surface area (Å²) in [5.74, 6) is 1.04. The Balaban J connectivity index is 1.28. The van der Waals surface area contributed by atoms with E-state index in [1.807, 2.05) is 61.6 Å². The molecule has 0 radical (unpaired) electrons. The first-order chi connectivity index (χ1) is 16.6. The Labute approximate surface area is 198 Å². The molecule has 0 saturated heterocycles. The first kappa shape index (κ1) is 21.9. The van der Waals surface area contributed by atoms with Crippen molar-refractivity contribution in [2.24, 2.45) is 5.92 Å². The zero-order valence-electron chi connectivity index (χ0n) is 19.4. The van der Waals surface area contributed by atoms with Gasteiger partial charge >= 0.3 is 0 Å². The molecule has 0 bridgehead atoms. The van der Waals surface area contributed by atoms with Crippen LogP contribution in [0.5, 0.6) is 0 Å². The Hall–Kier alpha value is -3.94. The van der Waals surface area contributed by atoms with Crippen molar-refractivity contribution in [2.75, 3.05) is 14.1 Å². The molecule has 4 aromatic rings. The number of hydrogen-bond donors (Lipinski definition) is 0. The van der Waals surface area contributed by atoms with Crippen LogP contribution in [0, 0.1) is 5.92 Å². The lowest BCUT2D eigenvalue weighted by Gasteiger charge is -2.29. The number of carbonyl (C=O) groups is 1. The average molecular weight is 454 g/mol. The molecule has 1 saturated carbocycles. The minimum Gasteiger partial charge on any atom is -0.349 e. The molecule has 1 fully saturated rings. The molecule has 0 atom stereocenters. The third kappa shape index (κ3) is 4.57. The highest BCUT2D eigenvalue weighted by Crippen LogP contribution is 2.33. The summed E-state index contributed by atoms with van der Waals surface area (Å²) in [5.41, 5.74) is 4.92. The van der Waals surface area contributed by atoms with E-state index in [-0.39, 0.29) is 11.8 Å². The lowest BCUT2D eigenvalue weighted by molar-refractivity contribution is -0.134. The van der Waals surface area contributed by atoms with Crippen molar-refractivity contribution < 1.29 is 4.79 Å². The van der Waals surface area contributed by atoms with Gasteiger partial charge in [-0.05, 0) is 43.4 Å². The van der Waals surface area contributed by atoms with Crippen LogP contribution < -0.4 is 0 Å². The van der Waals surface area contributed by atoms with E-state index in [1.165, 1.54) is 0 Å². The predicted molar refractivity (Wildman–Crippen MR) is 129 cm³/mol. The Kier molecular flexibility index (Phi) is 6.12. The molecule has 34 heavy (non-hydrogen) atoms. The molecule has 172 valence electrons. The van der Waals surface area contributed by atoms with Crippen LogP contribution in [-0.4, -0.2) is 54.8 Å². The summed E-state index contributed by atoms with van der Waals surface area (Å²) in [7, 11) is 3.66. The highest BCUT2D eigenvalue weighted by molar-refractivity contribution is 5.78. The van der Waals surface area contributed by atoms with Crippen molar-refractivity contribution in [3.05, 3.63) is 67.5 Å². The summed E-state index contributed by atoms with van der Waals surface area (Å²) in [6.45, 7) is 0. The molecular formula is C26H27N7O. The van der Waals surface area contributed by atoms with E-state index in [0.717, 1.165) is 53.5 Å². The molecule has 5 rings (SSSR count). The Morgan fingerprint density at radius 1 is 0.853 bits per heavy atom. The maximum Gasteiger partial charge on any atom is 0.225 e. The average Bonchev–Trinajstić information content (AvgIpc) is 3.39. The van der Waals surface area contributed by atoms with E-state index in [4.69, 9.17) is 0 Å². The van der Waals surface area contributed by atoms with Gasteiger partial charge < -0.3 is 4.90 Å². The van der Waals surface area contributed by atoms with Crippen LogP contribution in [0.3, 0.4) is 0 Å². The van der Waals surface area contributed by atoms with E-state index in [1.54, 1.807) is 17.3 Å². The van der Waals surface area contributed by atoms with Crippen molar-refractivity contribution in [3.63, 3.8) is 0 Å². The molecule has 8 nitrogen and oxygen atoms in total. The van der Waals surface area contributed by atoms with Gasteiger partial charge in [0.2, 0.25) is 5.91 Å². The first-order valence-corrected chi connectivity index (χ1v) is 11.5.